The van der Waals surface area contributed by atoms with Crippen LogP contribution in [0.5, 0.6) is 0 Å². The van der Waals surface area contributed by atoms with E-state index in [1.165, 1.54) is 0 Å². The lowest BCUT2D eigenvalue weighted by atomic mass is 10.6. The smallest absolute Gasteiger partial charge is 0.127 e. The van der Waals surface area contributed by atoms with Gasteiger partial charge in [-0.25, -0.2) is 9.97 Å². The van der Waals surface area contributed by atoms with E-state index in [4.69, 9.17) is 5.73 Å². The summed E-state index contributed by atoms with van der Waals surface area (Å²) >= 11 is 0. The first-order valence-electron chi connectivity index (χ1n) is 3.34. The molecule has 3 nitrogen and oxygen atoms in total. The highest BCUT2D eigenvalue weighted by molar-refractivity contribution is 5.24. The van der Waals surface area contributed by atoms with Gasteiger partial charge < -0.3 is 5.73 Å². The molecule has 1 aromatic heterocycles. The number of hydrogen-bond donors (Lipinski definition) is 1. The minimum atomic E-state index is 0.525. The van der Waals surface area contributed by atoms with Crippen LogP contribution in [0.3, 0.4) is 0 Å². The maximum absolute atomic E-state index is 5.31. The number of nitrogens with zero attached hydrogens (tertiary/aromatic N) is 2. The molecular formula is C7H13N3. The molecule has 1 heterocycles. The number of nitrogen functional groups attached to an aromatic ring is 1. The lowest BCUT2D eigenvalue weighted by Gasteiger charge is -1.89. The van der Waals surface area contributed by atoms with Crippen molar-refractivity contribution in [2.45, 2.75) is 20.8 Å². The Labute approximate surface area is 61.3 Å². The zero-order valence-electron chi connectivity index (χ0n) is 6.63. The van der Waals surface area contributed by atoms with E-state index in [1.807, 2.05) is 13.8 Å². The molecule has 0 unspecified atom stereocenters. The number of aryl methyl sites for hydroxylation is 1. The van der Waals surface area contributed by atoms with Gasteiger partial charge in [0.05, 0.1) is 0 Å². The van der Waals surface area contributed by atoms with Crippen molar-refractivity contribution < 1.29 is 0 Å². The number of anilines is 1. The van der Waals surface area contributed by atoms with Crippen LogP contribution in [0.1, 0.15) is 19.7 Å². The topological polar surface area (TPSA) is 51.8 Å². The lowest BCUT2D eigenvalue weighted by Crippen LogP contribution is -1.92. The zero-order valence-corrected chi connectivity index (χ0v) is 6.63. The predicted octanol–water partition coefficient (Wildman–Crippen LogP) is 1.39. The second-order valence-corrected chi connectivity index (χ2v) is 1.53. The van der Waals surface area contributed by atoms with E-state index in [9.17, 15) is 0 Å². The summed E-state index contributed by atoms with van der Waals surface area (Å²) in [6, 6.07) is 1.66. The van der Waals surface area contributed by atoms with Gasteiger partial charge in [-0.15, -0.1) is 0 Å². The molecule has 0 atom stereocenters. The first kappa shape index (κ1) is 8.88. The van der Waals surface area contributed by atoms with Crippen molar-refractivity contribution >= 4 is 5.82 Å². The monoisotopic (exact) mass is 139 g/mol. The molecule has 2 N–H and O–H groups in total. The molecule has 0 aromatic carbocycles. The summed E-state index contributed by atoms with van der Waals surface area (Å²) in [6.07, 6.45) is 1.64. The summed E-state index contributed by atoms with van der Waals surface area (Å²) in [5, 5.41) is 0. The van der Waals surface area contributed by atoms with E-state index < -0.39 is 0 Å². The van der Waals surface area contributed by atoms with E-state index in [0.717, 1.165) is 0 Å². The van der Waals surface area contributed by atoms with Crippen LogP contribution < -0.4 is 5.73 Å². The summed E-state index contributed by atoms with van der Waals surface area (Å²) in [4.78, 5) is 7.69. The first-order valence-corrected chi connectivity index (χ1v) is 3.34. The Bertz CT molecular complexity index is 169. The minimum Gasteiger partial charge on any atom is -0.384 e. The molecule has 3 heteroatoms. The van der Waals surface area contributed by atoms with Crippen LogP contribution in [0, 0.1) is 6.92 Å². The lowest BCUT2D eigenvalue weighted by molar-refractivity contribution is 1.06. The van der Waals surface area contributed by atoms with Crippen LogP contribution in [0.15, 0.2) is 12.3 Å². The molecule has 0 radical (unpaired) electrons. The first-order chi connectivity index (χ1) is 4.79. The average Bonchev–Trinajstić information content (AvgIpc) is 1.91. The third-order valence-electron chi connectivity index (χ3n) is 0.798. The minimum absolute atomic E-state index is 0.525. The summed E-state index contributed by atoms with van der Waals surface area (Å²) in [6.45, 7) is 5.80. The Balaban J connectivity index is 0.000000371. The standard InChI is InChI=1S/C5H7N3.C2H6/c1-4-7-3-2-5(6)8-4;1-2/h2-3H,1H3,(H2,6,7,8);1-2H3. The van der Waals surface area contributed by atoms with E-state index in [-0.39, 0.29) is 0 Å². The molecule has 0 spiro atoms. The van der Waals surface area contributed by atoms with E-state index in [0.29, 0.717) is 11.6 Å². The van der Waals surface area contributed by atoms with Gasteiger partial charge in [0.25, 0.3) is 0 Å². The summed E-state index contributed by atoms with van der Waals surface area (Å²) in [5.41, 5.74) is 5.31. The van der Waals surface area contributed by atoms with Gasteiger partial charge in [-0.2, -0.15) is 0 Å². The molecule has 0 bridgehead atoms. The summed E-state index contributed by atoms with van der Waals surface area (Å²) in [7, 11) is 0. The maximum Gasteiger partial charge on any atom is 0.127 e. The fraction of sp³-hybridized carbons (Fsp3) is 0.429. The normalized spacial score (nSPS) is 7.90. The molecule has 0 fully saturated rings. The maximum atomic E-state index is 5.31. The number of hydrogen-bond acceptors (Lipinski definition) is 3. The van der Waals surface area contributed by atoms with Crippen LogP contribution in [0.2, 0.25) is 0 Å². The highest BCUT2D eigenvalue weighted by Crippen LogP contribution is 1.92. The average molecular weight is 139 g/mol. The molecule has 56 valence electrons. The molecule has 0 aliphatic rings. The number of aromatic nitrogens is 2. The van der Waals surface area contributed by atoms with Crippen LogP contribution in [-0.2, 0) is 0 Å². The van der Waals surface area contributed by atoms with Gasteiger partial charge >= 0.3 is 0 Å². The van der Waals surface area contributed by atoms with Crippen molar-refractivity contribution in [2.24, 2.45) is 0 Å². The highest BCUT2D eigenvalue weighted by atomic mass is 14.9. The molecule has 10 heavy (non-hydrogen) atoms. The van der Waals surface area contributed by atoms with Crippen molar-refractivity contribution in [1.82, 2.24) is 9.97 Å². The molecule has 0 saturated heterocycles. The summed E-state index contributed by atoms with van der Waals surface area (Å²) < 4.78 is 0. The van der Waals surface area contributed by atoms with Crippen molar-refractivity contribution in [3.63, 3.8) is 0 Å². The van der Waals surface area contributed by atoms with Gasteiger partial charge in [0.15, 0.2) is 0 Å². The molecular weight excluding hydrogens is 126 g/mol. The van der Waals surface area contributed by atoms with Crippen molar-refractivity contribution in [1.29, 1.82) is 0 Å². The van der Waals surface area contributed by atoms with Gasteiger partial charge in [0.1, 0.15) is 11.6 Å². The van der Waals surface area contributed by atoms with Crippen molar-refractivity contribution in [3.05, 3.63) is 18.1 Å². The second-order valence-electron chi connectivity index (χ2n) is 1.53. The Kier molecular flexibility index (Phi) is 4.20. The number of nitrogens with two attached hydrogens (primary N) is 1. The van der Waals surface area contributed by atoms with Gasteiger partial charge in [0, 0.05) is 6.20 Å². The van der Waals surface area contributed by atoms with Crippen LogP contribution in [0.4, 0.5) is 5.82 Å². The van der Waals surface area contributed by atoms with Crippen LogP contribution >= 0.6 is 0 Å². The van der Waals surface area contributed by atoms with Crippen LogP contribution in [0.25, 0.3) is 0 Å². The third-order valence-corrected chi connectivity index (χ3v) is 0.798. The van der Waals surface area contributed by atoms with Gasteiger partial charge in [0.2, 0.25) is 0 Å². The van der Waals surface area contributed by atoms with Gasteiger partial charge in [-0.05, 0) is 13.0 Å². The van der Waals surface area contributed by atoms with Gasteiger partial charge in [-0.3, -0.25) is 0 Å². The zero-order chi connectivity index (χ0) is 7.98. The highest BCUT2D eigenvalue weighted by Gasteiger charge is 1.83. The fourth-order valence-corrected chi connectivity index (χ4v) is 0.474. The van der Waals surface area contributed by atoms with Crippen molar-refractivity contribution in [2.75, 3.05) is 5.73 Å². The Morgan fingerprint density at radius 2 is 2.00 bits per heavy atom. The molecule has 1 rings (SSSR count). The third kappa shape index (κ3) is 3.02. The molecule has 0 aliphatic carbocycles. The van der Waals surface area contributed by atoms with E-state index >= 15 is 0 Å². The van der Waals surface area contributed by atoms with Crippen LogP contribution in [-0.4, -0.2) is 9.97 Å². The molecule has 0 aliphatic heterocycles. The Hall–Kier alpha value is -1.12. The fourth-order valence-electron chi connectivity index (χ4n) is 0.474. The molecule has 1 aromatic rings. The van der Waals surface area contributed by atoms with Gasteiger partial charge in [-0.1, -0.05) is 13.8 Å². The Morgan fingerprint density at radius 3 is 2.30 bits per heavy atom. The molecule has 0 saturated carbocycles. The van der Waals surface area contributed by atoms with E-state index in [1.54, 1.807) is 19.2 Å². The second kappa shape index (κ2) is 4.73. The quantitative estimate of drug-likeness (QED) is 0.591. The largest absolute Gasteiger partial charge is 0.384 e. The van der Waals surface area contributed by atoms with E-state index in [2.05, 4.69) is 9.97 Å². The Morgan fingerprint density at radius 1 is 1.40 bits per heavy atom. The summed E-state index contributed by atoms with van der Waals surface area (Å²) in [5.74, 6) is 1.24. The SMILES string of the molecule is CC.Cc1nccc(N)n1. The number of rotatable bonds is 0. The van der Waals surface area contributed by atoms with Crippen molar-refractivity contribution in [3.8, 4) is 0 Å². The predicted molar refractivity (Wildman–Crippen MR) is 42.5 cm³/mol. The molecule has 0 amide bonds.